The highest BCUT2D eigenvalue weighted by Crippen LogP contribution is 2.29. The largest absolute Gasteiger partial charge is 0.383 e. The van der Waals surface area contributed by atoms with E-state index in [-0.39, 0.29) is 6.04 Å². The van der Waals surface area contributed by atoms with Gasteiger partial charge in [-0.1, -0.05) is 17.7 Å². The van der Waals surface area contributed by atoms with Gasteiger partial charge in [0, 0.05) is 25.7 Å². The molecule has 2 N–H and O–H groups in total. The van der Waals surface area contributed by atoms with Crippen LogP contribution in [0.15, 0.2) is 18.2 Å². The average Bonchev–Trinajstić information content (AvgIpc) is 2.30. The van der Waals surface area contributed by atoms with Gasteiger partial charge in [0.25, 0.3) is 0 Å². The summed E-state index contributed by atoms with van der Waals surface area (Å²) in [5.74, 6) is 0. The Morgan fingerprint density at radius 1 is 1.33 bits per heavy atom. The van der Waals surface area contributed by atoms with Gasteiger partial charge in [-0.2, -0.15) is 0 Å². The van der Waals surface area contributed by atoms with Crippen molar-refractivity contribution < 1.29 is 4.74 Å². The molecule has 1 rings (SSSR count). The molecule has 0 fully saturated rings. The second-order valence-electron chi connectivity index (χ2n) is 4.78. The van der Waals surface area contributed by atoms with E-state index < -0.39 is 0 Å². The van der Waals surface area contributed by atoms with Gasteiger partial charge in [-0.15, -0.1) is 0 Å². The van der Waals surface area contributed by atoms with Crippen molar-refractivity contribution in [2.24, 2.45) is 5.73 Å². The van der Waals surface area contributed by atoms with Crippen molar-refractivity contribution in [2.45, 2.75) is 32.9 Å². The van der Waals surface area contributed by atoms with Crippen LogP contribution in [0.5, 0.6) is 0 Å². The molecule has 1 aromatic carbocycles. The molecule has 0 spiro atoms. The molecule has 0 saturated heterocycles. The standard InChI is InChI=1S/C14H23ClN2O/c1-10(2)17(7-8-18-4)14-6-5-12(11(3)16)9-13(14)15/h5-6,9-11H,7-8,16H2,1-4H3/t11-/m1/s1. The van der Waals surface area contributed by atoms with Gasteiger partial charge in [-0.3, -0.25) is 0 Å². The maximum absolute atomic E-state index is 6.35. The van der Waals surface area contributed by atoms with Gasteiger partial charge < -0.3 is 15.4 Å². The summed E-state index contributed by atoms with van der Waals surface area (Å²) in [5.41, 5.74) is 7.95. The van der Waals surface area contributed by atoms with Crippen molar-refractivity contribution in [3.63, 3.8) is 0 Å². The molecule has 0 radical (unpaired) electrons. The lowest BCUT2D eigenvalue weighted by Crippen LogP contribution is -2.34. The Bertz CT molecular complexity index is 380. The molecule has 0 aliphatic heterocycles. The fraction of sp³-hybridized carbons (Fsp3) is 0.571. The van der Waals surface area contributed by atoms with Crippen LogP contribution < -0.4 is 10.6 Å². The van der Waals surface area contributed by atoms with Crippen LogP contribution in [0.2, 0.25) is 5.02 Å². The number of nitrogens with two attached hydrogens (primary N) is 1. The normalized spacial score (nSPS) is 12.8. The first-order valence-corrected chi connectivity index (χ1v) is 6.65. The molecular formula is C14H23ClN2O. The van der Waals surface area contributed by atoms with Crippen LogP contribution in [0.25, 0.3) is 0 Å². The number of rotatable bonds is 6. The van der Waals surface area contributed by atoms with Crippen molar-refractivity contribution in [1.82, 2.24) is 0 Å². The second-order valence-corrected chi connectivity index (χ2v) is 5.19. The maximum atomic E-state index is 6.35. The molecule has 0 heterocycles. The lowest BCUT2D eigenvalue weighted by Gasteiger charge is -2.30. The van der Waals surface area contributed by atoms with Crippen LogP contribution in [0.3, 0.4) is 0 Å². The number of hydrogen-bond acceptors (Lipinski definition) is 3. The predicted molar refractivity (Wildman–Crippen MR) is 78.4 cm³/mol. The number of methoxy groups -OCH3 is 1. The molecule has 1 atom stereocenters. The third-order valence-corrected chi connectivity index (χ3v) is 3.27. The van der Waals surface area contributed by atoms with E-state index in [1.54, 1.807) is 7.11 Å². The SMILES string of the molecule is COCCN(c1ccc([C@@H](C)N)cc1Cl)C(C)C. The first kappa shape index (κ1) is 15.3. The van der Waals surface area contributed by atoms with Gasteiger partial charge in [0.15, 0.2) is 0 Å². The highest BCUT2D eigenvalue weighted by Gasteiger charge is 2.14. The van der Waals surface area contributed by atoms with Crippen molar-refractivity contribution in [1.29, 1.82) is 0 Å². The van der Waals surface area contributed by atoms with Crippen LogP contribution in [0, 0.1) is 0 Å². The minimum atomic E-state index is 0.00280. The summed E-state index contributed by atoms with van der Waals surface area (Å²) in [7, 11) is 1.71. The third-order valence-electron chi connectivity index (χ3n) is 2.97. The lowest BCUT2D eigenvalue weighted by molar-refractivity contribution is 0.204. The van der Waals surface area contributed by atoms with Crippen LogP contribution in [-0.2, 0) is 4.74 Å². The van der Waals surface area contributed by atoms with E-state index in [4.69, 9.17) is 22.1 Å². The van der Waals surface area contributed by atoms with Gasteiger partial charge in [0.2, 0.25) is 0 Å². The van der Waals surface area contributed by atoms with Crippen molar-refractivity contribution in [3.8, 4) is 0 Å². The molecule has 0 aromatic heterocycles. The molecule has 0 bridgehead atoms. The third kappa shape index (κ3) is 3.87. The molecular weight excluding hydrogens is 248 g/mol. The number of nitrogens with zero attached hydrogens (tertiary/aromatic N) is 1. The smallest absolute Gasteiger partial charge is 0.0643 e. The molecule has 0 unspecified atom stereocenters. The van der Waals surface area contributed by atoms with E-state index in [0.29, 0.717) is 12.6 Å². The number of ether oxygens (including phenoxy) is 1. The van der Waals surface area contributed by atoms with Gasteiger partial charge in [-0.25, -0.2) is 0 Å². The molecule has 1 aromatic rings. The highest BCUT2D eigenvalue weighted by molar-refractivity contribution is 6.33. The molecule has 0 aliphatic carbocycles. The zero-order valence-electron chi connectivity index (χ0n) is 11.6. The Morgan fingerprint density at radius 2 is 2.00 bits per heavy atom. The Labute approximate surface area is 115 Å². The fourth-order valence-corrected chi connectivity index (χ4v) is 2.18. The summed E-state index contributed by atoms with van der Waals surface area (Å²) in [5, 5.41) is 0.745. The fourth-order valence-electron chi connectivity index (χ4n) is 1.89. The quantitative estimate of drug-likeness (QED) is 0.863. The Kier molecular flexibility index (Phi) is 5.93. The lowest BCUT2D eigenvalue weighted by atomic mass is 10.1. The first-order valence-electron chi connectivity index (χ1n) is 6.28. The molecule has 0 saturated carbocycles. The molecule has 18 heavy (non-hydrogen) atoms. The van der Waals surface area contributed by atoms with E-state index in [2.05, 4.69) is 18.7 Å². The summed E-state index contributed by atoms with van der Waals surface area (Å²) in [6.45, 7) is 7.75. The zero-order valence-corrected chi connectivity index (χ0v) is 12.4. The zero-order chi connectivity index (χ0) is 13.7. The Morgan fingerprint density at radius 3 is 2.44 bits per heavy atom. The Balaban J connectivity index is 2.98. The number of halogens is 1. The van der Waals surface area contributed by atoms with Crippen LogP contribution in [-0.4, -0.2) is 26.3 Å². The Hall–Kier alpha value is -0.770. The van der Waals surface area contributed by atoms with Gasteiger partial charge in [0.05, 0.1) is 17.3 Å². The maximum Gasteiger partial charge on any atom is 0.0643 e. The van der Waals surface area contributed by atoms with Crippen LogP contribution in [0.1, 0.15) is 32.4 Å². The highest BCUT2D eigenvalue weighted by atomic mass is 35.5. The summed E-state index contributed by atoms with van der Waals surface area (Å²) >= 11 is 6.35. The number of anilines is 1. The van der Waals surface area contributed by atoms with Crippen LogP contribution >= 0.6 is 11.6 Å². The molecule has 0 aliphatic rings. The average molecular weight is 271 g/mol. The van der Waals surface area contributed by atoms with Gasteiger partial charge in [0.1, 0.15) is 0 Å². The van der Waals surface area contributed by atoms with Crippen molar-refractivity contribution in [3.05, 3.63) is 28.8 Å². The monoisotopic (exact) mass is 270 g/mol. The topological polar surface area (TPSA) is 38.5 Å². The minimum Gasteiger partial charge on any atom is -0.383 e. The van der Waals surface area contributed by atoms with Crippen LogP contribution in [0.4, 0.5) is 5.69 Å². The summed E-state index contributed by atoms with van der Waals surface area (Å²) in [4.78, 5) is 2.23. The van der Waals surface area contributed by atoms with E-state index in [1.807, 2.05) is 25.1 Å². The summed E-state index contributed by atoms with van der Waals surface area (Å²) < 4.78 is 5.14. The second kappa shape index (κ2) is 6.98. The molecule has 102 valence electrons. The molecule has 4 heteroatoms. The number of benzene rings is 1. The first-order chi connectivity index (χ1) is 8.47. The van der Waals surface area contributed by atoms with Crippen molar-refractivity contribution in [2.75, 3.05) is 25.2 Å². The predicted octanol–water partition coefficient (Wildman–Crippen LogP) is 3.22. The van der Waals surface area contributed by atoms with Gasteiger partial charge >= 0.3 is 0 Å². The van der Waals surface area contributed by atoms with E-state index in [0.717, 1.165) is 22.8 Å². The minimum absolute atomic E-state index is 0.00280. The van der Waals surface area contributed by atoms with Crippen molar-refractivity contribution >= 4 is 17.3 Å². The van der Waals surface area contributed by atoms with E-state index in [1.165, 1.54) is 0 Å². The molecule has 3 nitrogen and oxygen atoms in total. The number of hydrogen-bond donors (Lipinski definition) is 1. The van der Waals surface area contributed by atoms with E-state index in [9.17, 15) is 0 Å². The van der Waals surface area contributed by atoms with E-state index >= 15 is 0 Å². The molecule has 0 amide bonds. The summed E-state index contributed by atoms with van der Waals surface area (Å²) in [6.07, 6.45) is 0. The van der Waals surface area contributed by atoms with Gasteiger partial charge in [-0.05, 0) is 38.5 Å². The summed E-state index contributed by atoms with van der Waals surface area (Å²) in [6, 6.07) is 6.40.